The molecule has 6 heteroatoms. The first-order valence-electron chi connectivity index (χ1n) is 7.10. The Balaban J connectivity index is 1.65. The molecule has 0 spiro atoms. The molecule has 114 valence electrons. The Labute approximate surface area is 133 Å². The van der Waals surface area contributed by atoms with Gasteiger partial charge in [0, 0.05) is 22.5 Å². The Morgan fingerprint density at radius 3 is 2.64 bits per heavy atom. The maximum absolute atomic E-state index is 5.74. The van der Waals surface area contributed by atoms with Gasteiger partial charge in [-0.1, -0.05) is 51.1 Å². The third-order valence-corrected chi connectivity index (χ3v) is 3.81. The number of anilines is 1. The minimum absolute atomic E-state index is 0.0333. The Kier molecular flexibility index (Phi) is 3.94. The van der Waals surface area contributed by atoms with Crippen molar-refractivity contribution in [2.24, 2.45) is 0 Å². The van der Waals surface area contributed by atoms with Crippen LogP contribution in [0.4, 0.5) is 5.13 Å². The molecule has 0 saturated carbocycles. The van der Waals surface area contributed by atoms with Crippen LogP contribution in [0, 0.1) is 0 Å². The SMILES string of the molecule is CC(C)(C)c1cnc(CNc2nc(-c3ccccc3)ns2)o1. The molecule has 2 heterocycles. The zero-order chi connectivity index (χ0) is 15.6. The van der Waals surface area contributed by atoms with Crippen LogP contribution in [0.3, 0.4) is 0 Å². The molecule has 0 unspecified atom stereocenters. The van der Waals surface area contributed by atoms with E-state index in [0.717, 1.165) is 22.3 Å². The minimum atomic E-state index is -0.0333. The highest BCUT2D eigenvalue weighted by molar-refractivity contribution is 7.09. The summed E-state index contributed by atoms with van der Waals surface area (Å²) in [5, 5.41) is 3.96. The fourth-order valence-electron chi connectivity index (χ4n) is 1.89. The summed E-state index contributed by atoms with van der Waals surface area (Å²) in [5.41, 5.74) is 0.979. The van der Waals surface area contributed by atoms with E-state index < -0.39 is 0 Å². The van der Waals surface area contributed by atoms with Crippen LogP contribution in [-0.4, -0.2) is 14.3 Å². The smallest absolute Gasteiger partial charge is 0.213 e. The lowest BCUT2D eigenvalue weighted by Gasteiger charge is -2.13. The lowest BCUT2D eigenvalue weighted by Crippen LogP contribution is -2.09. The monoisotopic (exact) mass is 314 g/mol. The molecular weight excluding hydrogens is 296 g/mol. The largest absolute Gasteiger partial charge is 0.443 e. The molecule has 5 nitrogen and oxygen atoms in total. The molecule has 0 aliphatic rings. The van der Waals surface area contributed by atoms with Crippen LogP contribution >= 0.6 is 11.5 Å². The maximum atomic E-state index is 5.74. The second-order valence-electron chi connectivity index (χ2n) is 6.01. The van der Waals surface area contributed by atoms with Gasteiger partial charge < -0.3 is 9.73 Å². The number of hydrogen-bond acceptors (Lipinski definition) is 6. The van der Waals surface area contributed by atoms with E-state index in [4.69, 9.17) is 4.42 Å². The van der Waals surface area contributed by atoms with Gasteiger partial charge in [-0.2, -0.15) is 9.36 Å². The second kappa shape index (κ2) is 5.88. The van der Waals surface area contributed by atoms with Crippen molar-refractivity contribution in [3.63, 3.8) is 0 Å². The van der Waals surface area contributed by atoms with E-state index in [1.54, 1.807) is 6.20 Å². The van der Waals surface area contributed by atoms with Gasteiger partial charge in [0.1, 0.15) is 5.76 Å². The molecule has 22 heavy (non-hydrogen) atoms. The first-order chi connectivity index (χ1) is 10.5. The zero-order valence-electron chi connectivity index (χ0n) is 12.8. The van der Waals surface area contributed by atoms with Gasteiger partial charge in [-0.05, 0) is 0 Å². The van der Waals surface area contributed by atoms with Gasteiger partial charge in [0.15, 0.2) is 5.82 Å². The van der Waals surface area contributed by atoms with E-state index in [9.17, 15) is 0 Å². The minimum Gasteiger partial charge on any atom is -0.443 e. The van der Waals surface area contributed by atoms with Crippen LogP contribution in [0.15, 0.2) is 40.9 Å². The highest BCUT2D eigenvalue weighted by Gasteiger charge is 2.19. The molecule has 0 aliphatic carbocycles. The molecule has 0 atom stereocenters. The Bertz CT molecular complexity index is 743. The molecule has 0 bridgehead atoms. The Morgan fingerprint density at radius 1 is 1.18 bits per heavy atom. The van der Waals surface area contributed by atoms with Crippen molar-refractivity contribution in [3.05, 3.63) is 48.2 Å². The lowest BCUT2D eigenvalue weighted by atomic mass is 9.94. The maximum Gasteiger partial charge on any atom is 0.213 e. The van der Waals surface area contributed by atoms with Crippen LogP contribution < -0.4 is 5.32 Å². The molecule has 0 saturated heterocycles. The summed E-state index contributed by atoms with van der Waals surface area (Å²) in [6.07, 6.45) is 1.78. The van der Waals surface area contributed by atoms with Crippen molar-refractivity contribution in [2.45, 2.75) is 32.7 Å². The van der Waals surface area contributed by atoms with Crippen LogP contribution in [-0.2, 0) is 12.0 Å². The molecule has 2 aromatic heterocycles. The van der Waals surface area contributed by atoms with Crippen molar-refractivity contribution in [1.82, 2.24) is 14.3 Å². The summed E-state index contributed by atoms with van der Waals surface area (Å²) in [6.45, 7) is 6.80. The zero-order valence-corrected chi connectivity index (χ0v) is 13.6. The molecule has 0 amide bonds. The Hall–Kier alpha value is -2.21. The topological polar surface area (TPSA) is 63.8 Å². The van der Waals surface area contributed by atoms with E-state index in [1.165, 1.54) is 11.5 Å². The molecule has 0 radical (unpaired) electrons. The standard InChI is InChI=1S/C16H18N4OS/c1-16(2,3)12-9-17-13(21-12)10-18-15-19-14(20-22-15)11-7-5-4-6-8-11/h4-9H,10H2,1-3H3,(H,18,19,20). The molecule has 0 aliphatic heterocycles. The van der Waals surface area contributed by atoms with Gasteiger partial charge in [0.25, 0.3) is 0 Å². The lowest BCUT2D eigenvalue weighted by molar-refractivity contribution is 0.385. The number of hydrogen-bond donors (Lipinski definition) is 1. The average molecular weight is 314 g/mol. The number of rotatable bonds is 4. The van der Waals surface area contributed by atoms with Crippen LogP contribution in [0.5, 0.6) is 0 Å². The van der Waals surface area contributed by atoms with Gasteiger partial charge >= 0.3 is 0 Å². The van der Waals surface area contributed by atoms with E-state index >= 15 is 0 Å². The summed E-state index contributed by atoms with van der Waals surface area (Å²) in [7, 11) is 0. The van der Waals surface area contributed by atoms with Gasteiger partial charge in [-0.3, -0.25) is 0 Å². The van der Waals surface area contributed by atoms with E-state index in [0.29, 0.717) is 12.4 Å². The summed E-state index contributed by atoms with van der Waals surface area (Å²) in [6, 6.07) is 9.92. The predicted octanol–water partition coefficient (Wildman–Crippen LogP) is 4.10. The average Bonchev–Trinajstić information content (AvgIpc) is 3.15. The number of aromatic nitrogens is 3. The molecule has 3 aromatic rings. The predicted molar refractivity (Wildman–Crippen MR) is 87.9 cm³/mol. The Morgan fingerprint density at radius 2 is 1.95 bits per heavy atom. The van der Waals surface area contributed by atoms with Crippen molar-refractivity contribution in [1.29, 1.82) is 0 Å². The highest BCUT2D eigenvalue weighted by Crippen LogP contribution is 2.24. The summed E-state index contributed by atoms with van der Waals surface area (Å²) >= 11 is 1.33. The van der Waals surface area contributed by atoms with Gasteiger partial charge in [-0.25, -0.2) is 4.98 Å². The molecule has 1 N–H and O–H groups in total. The number of benzene rings is 1. The molecule has 3 rings (SSSR count). The third-order valence-electron chi connectivity index (χ3n) is 3.14. The van der Waals surface area contributed by atoms with E-state index in [1.807, 2.05) is 30.3 Å². The van der Waals surface area contributed by atoms with E-state index in [2.05, 4.69) is 40.4 Å². The summed E-state index contributed by atoms with van der Waals surface area (Å²) < 4.78 is 10.1. The first kappa shape index (κ1) is 14.7. The third kappa shape index (κ3) is 3.33. The number of oxazole rings is 1. The van der Waals surface area contributed by atoms with Crippen molar-refractivity contribution < 1.29 is 4.42 Å². The van der Waals surface area contributed by atoms with Gasteiger partial charge in [0.2, 0.25) is 11.0 Å². The summed E-state index contributed by atoms with van der Waals surface area (Å²) in [5.74, 6) is 2.27. The van der Waals surface area contributed by atoms with Crippen LogP contribution in [0.25, 0.3) is 11.4 Å². The van der Waals surface area contributed by atoms with Crippen LogP contribution in [0.2, 0.25) is 0 Å². The van der Waals surface area contributed by atoms with E-state index in [-0.39, 0.29) is 5.41 Å². The highest BCUT2D eigenvalue weighted by atomic mass is 32.1. The molecular formula is C16H18N4OS. The molecule has 0 fully saturated rings. The summed E-state index contributed by atoms with van der Waals surface area (Å²) in [4.78, 5) is 8.77. The van der Waals surface area contributed by atoms with Crippen molar-refractivity contribution >= 4 is 16.7 Å². The fraction of sp³-hybridized carbons (Fsp3) is 0.312. The quantitative estimate of drug-likeness (QED) is 0.785. The van der Waals surface area contributed by atoms with Crippen molar-refractivity contribution in [3.8, 4) is 11.4 Å². The first-order valence-corrected chi connectivity index (χ1v) is 7.88. The number of nitrogens with zero attached hydrogens (tertiary/aromatic N) is 3. The van der Waals surface area contributed by atoms with Crippen molar-refractivity contribution in [2.75, 3.05) is 5.32 Å². The number of nitrogens with one attached hydrogen (secondary N) is 1. The van der Waals surface area contributed by atoms with Gasteiger partial charge in [0.05, 0.1) is 12.7 Å². The fourth-order valence-corrected chi connectivity index (χ4v) is 2.47. The van der Waals surface area contributed by atoms with Gasteiger partial charge in [-0.15, -0.1) is 0 Å². The van der Waals surface area contributed by atoms with Crippen LogP contribution in [0.1, 0.15) is 32.4 Å². The molecule has 1 aromatic carbocycles. The normalized spacial score (nSPS) is 11.6. The second-order valence-corrected chi connectivity index (χ2v) is 6.76.